The third kappa shape index (κ3) is 3.86. The molecular weight excluding hydrogens is 336 g/mol. The van der Waals surface area contributed by atoms with E-state index in [0.717, 1.165) is 30.0 Å². The van der Waals surface area contributed by atoms with E-state index in [9.17, 15) is 9.59 Å². The molecule has 6 nitrogen and oxygen atoms in total. The largest absolute Gasteiger partial charge is 0.342 e. The summed E-state index contributed by atoms with van der Waals surface area (Å²) < 4.78 is 0. The minimum atomic E-state index is -0.113. The number of carbonyl (C=O) groups is 2. The monoisotopic (exact) mass is 360 g/mol. The van der Waals surface area contributed by atoms with Crippen LogP contribution < -0.4 is 0 Å². The molecule has 0 spiro atoms. The summed E-state index contributed by atoms with van der Waals surface area (Å²) in [6, 6.07) is 3.91. The first kappa shape index (κ1) is 17.9. The molecular formula is C18H24N4O2S. The van der Waals surface area contributed by atoms with Gasteiger partial charge in [-0.05, 0) is 31.9 Å². The Kier molecular flexibility index (Phi) is 5.42. The number of hydrogen-bond acceptors (Lipinski definition) is 5. The minimum Gasteiger partial charge on any atom is -0.342 e. The van der Waals surface area contributed by atoms with Gasteiger partial charge in [-0.2, -0.15) is 0 Å². The number of aliphatic imine (C=N–C) groups is 1. The number of rotatable bonds is 3. The molecule has 1 fully saturated rings. The van der Waals surface area contributed by atoms with Gasteiger partial charge in [-0.3, -0.25) is 19.6 Å². The molecule has 0 aromatic carbocycles. The molecule has 0 N–H and O–H groups in total. The topological polar surface area (TPSA) is 65.9 Å². The average molecular weight is 360 g/mol. The molecule has 7 heteroatoms. The standard InChI is InChI=1S/C18H24N4O2S/c1-12-18(25-16(20-12)14-6-4-8-19-10-14)21(3)17(24)15-7-5-9-22(11-15)13(2)23/h4,6,8,10,12,15,18H,5,7,9,11H2,1-3H3. The predicted octanol–water partition coefficient (Wildman–Crippen LogP) is 2.01. The first-order valence-corrected chi connectivity index (χ1v) is 9.52. The van der Waals surface area contributed by atoms with Gasteiger partial charge in [0.1, 0.15) is 10.4 Å². The predicted molar refractivity (Wildman–Crippen MR) is 99.4 cm³/mol. The van der Waals surface area contributed by atoms with Crippen molar-refractivity contribution in [2.75, 3.05) is 20.1 Å². The summed E-state index contributed by atoms with van der Waals surface area (Å²) in [5.41, 5.74) is 0.989. The molecule has 1 aromatic heterocycles. The average Bonchev–Trinajstić information content (AvgIpc) is 3.03. The fourth-order valence-electron chi connectivity index (χ4n) is 3.40. The quantitative estimate of drug-likeness (QED) is 0.827. The number of amides is 2. The van der Waals surface area contributed by atoms with Gasteiger partial charge in [0, 0.05) is 45.0 Å². The zero-order chi connectivity index (χ0) is 18.0. The molecule has 134 valence electrons. The van der Waals surface area contributed by atoms with Crippen LogP contribution in [0.1, 0.15) is 32.3 Å². The van der Waals surface area contributed by atoms with E-state index in [1.54, 1.807) is 36.0 Å². The van der Waals surface area contributed by atoms with Crippen LogP contribution in [0, 0.1) is 5.92 Å². The van der Waals surface area contributed by atoms with Gasteiger partial charge in [0.15, 0.2) is 0 Å². The summed E-state index contributed by atoms with van der Waals surface area (Å²) in [4.78, 5) is 37.0. The lowest BCUT2D eigenvalue weighted by Gasteiger charge is -2.35. The lowest BCUT2D eigenvalue weighted by molar-refractivity contribution is -0.139. The summed E-state index contributed by atoms with van der Waals surface area (Å²) in [5, 5.41) is 0.912. The summed E-state index contributed by atoms with van der Waals surface area (Å²) in [6.45, 7) is 4.89. The maximum Gasteiger partial charge on any atom is 0.228 e. The molecule has 3 unspecified atom stereocenters. The number of likely N-dealkylation sites (N-methyl/N-ethyl adjacent to an activating group) is 1. The molecule has 1 saturated heterocycles. The molecule has 25 heavy (non-hydrogen) atoms. The second-order valence-corrected chi connectivity index (χ2v) is 7.78. The third-order valence-electron chi connectivity index (χ3n) is 4.82. The Bertz CT molecular complexity index is 679. The lowest BCUT2D eigenvalue weighted by Crippen LogP contribution is -2.48. The SMILES string of the molecule is CC(=O)N1CCCC(C(=O)N(C)C2SC(c3cccnc3)=NC2C)C1. The van der Waals surface area contributed by atoms with E-state index in [0.29, 0.717) is 6.54 Å². The first-order valence-electron chi connectivity index (χ1n) is 8.64. The molecule has 3 atom stereocenters. The van der Waals surface area contributed by atoms with Crippen molar-refractivity contribution in [2.24, 2.45) is 10.9 Å². The van der Waals surface area contributed by atoms with E-state index in [1.807, 2.05) is 31.0 Å². The highest BCUT2D eigenvalue weighted by atomic mass is 32.2. The Hall–Kier alpha value is -1.89. The third-order valence-corrected chi connectivity index (χ3v) is 6.34. The number of nitrogens with zero attached hydrogens (tertiary/aromatic N) is 4. The Morgan fingerprint density at radius 1 is 1.40 bits per heavy atom. The molecule has 0 bridgehead atoms. The number of piperidine rings is 1. The van der Waals surface area contributed by atoms with Crippen molar-refractivity contribution in [1.29, 1.82) is 0 Å². The molecule has 1 aromatic rings. The van der Waals surface area contributed by atoms with Crippen LogP contribution in [0.3, 0.4) is 0 Å². The Balaban J connectivity index is 1.66. The maximum absolute atomic E-state index is 13.0. The Labute approximate surface area is 152 Å². The fourth-order valence-corrected chi connectivity index (χ4v) is 4.64. The number of carbonyl (C=O) groups excluding carboxylic acids is 2. The number of thioether (sulfide) groups is 1. The number of likely N-dealkylation sites (tertiary alicyclic amines) is 1. The van der Waals surface area contributed by atoms with E-state index >= 15 is 0 Å². The number of pyridine rings is 1. The molecule has 2 aliphatic rings. The van der Waals surface area contributed by atoms with Gasteiger partial charge in [-0.15, -0.1) is 0 Å². The van der Waals surface area contributed by atoms with E-state index in [1.165, 1.54) is 0 Å². The molecule has 0 saturated carbocycles. The first-order chi connectivity index (χ1) is 12.0. The highest BCUT2D eigenvalue weighted by Gasteiger charge is 2.37. The Morgan fingerprint density at radius 2 is 2.20 bits per heavy atom. The van der Waals surface area contributed by atoms with Gasteiger partial charge in [0.25, 0.3) is 0 Å². The molecule has 0 radical (unpaired) electrons. The van der Waals surface area contributed by atoms with Crippen LogP contribution in [-0.2, 0) is 9.59 Å². The van der Waals surface area contributed by atoms with Crippen molar-refractivity contribution in [1.82, 2.24) is 14.8 Å². The summed E-state index contributed by atoms with van der Waals surface area (Å²) >= 11 is 1.61. The summed E-state index contributed by atoms with van der Waals surface area (Å²) in [7, 11) is 1.85. The van der Waals surface area contributed by atoms with Gasteiger partial charge >= 0.3 is 0 Å². The molecule has 2 amide bonds. The molecule has 3 rings (SSSR count). The molecule has 0 aliphatic carbocycles. The fraction of sp³-hybridized carbons (Fsp3) is 0.556. The van der Waals surface area contributed by atoms with Crippen LogP contribution in [0.2, 0.25) is 0 Å². The van der Waals surface area contributed by atoms with Crippen molar-refractivity contribution >= 4 is 28.6 Å². The van der Waals surface area contributed by atoms with Crippen LogP contribution in [0.5, 0.6) is 0 Å². The van der Waals surface area contributed by atoms with Gasteiger partial charge in [0.05, 0.1) is 12.0 Å². The van der Waals surface area contributed by atoms with E-state index in [-0.39, 0.29) is 29.1 Å². The molecule has 2 aliphatic heterocycles. The van der Waals surface area contributed by atoms with E-state index < -0.39 is 0 Å². The van der Waals surface area contributed by atoms with Crippen molar-refractivity contribution in [3.05, 3.63) is 30.1 Å². The van der Waals surface area contributed by atoms with Gasteiger partial charge in [-0.25, -0.2) is 0 Å². The van der Waals surface area contributed by atoms with E-state index in [2.05, 4.69) is 4.98 Å². The zero-order valence-electron chi connectivity index (χ0n) is 14.9. The molecule has 3 heterocycles. The van der Waals surface area contributed by atoms with Crippen LogP contribution >= 0.6 is 11.8 Å². The van der Waals surface area contributed by atoms with Crippen molar-refractivity contribution < 1.29 is 9.59 Å². The summed E-state index contributed by atoms with van der Waals surface area (Å²) in [5.74, 6) is 0.0433. The van der Waals surface area contributed by atoms with Gasteiger partial charge in [-0.1, -0.05) is 11.8 Å². The van der Waals surface area contributed by atoms with Crippen LogP contribution in [-0.4, -0.2) is 63.2 Å². The number of hydrogen-bond donors (Lipinski definition) is 0. The van der Waals surface area contributed by atoms with Crippen LogP contribution in [0.15, 0.2) is 29.5 Å². The second-order valence-electron chi connectivity index (χ2n) is 6.68. The van der Waals surface area contributed by atoms with Gasteiger partial charge in [0.2, 0.25) is 11.8 Å². The minimum absolute atomic E-state index is 0.0181. The highest BCUT2D eigenvalue weighted by molar-refractivity contribution is 8.15. The number of aromatic nitrogens is 1. The maximum atomic E-state index is 13.0. The van der Waals surface area contributed by atoms with Crippen LogP contribution in [0.25, 0.3) is 0 Å². The van der Waals surface area contributed by atoms with Gasteiger partial charge < -0.3 is 9.80 Å². The normalized spacial score (nSPS) is 26.3. The summed E-state index contributed by atoms with van der Waals surface area (Å²) in [6.07, 6.45) is 5.27. The van der Waals surface area contributed by atoms with Crippen molar-refractivity contribution in [2.45, 2.75) is 38.1 Å². The smallest absolute Gasteiger partial charge is 0.228 e. The van der Waals surface area contributed by atoms with Crippen molar-refractivity contribution in [3.8, 4) is 0 Å². The van der Waals surface area contributed by atoms with Crippen LogP contribution in [0.4, 0.5) is 0 Å². The Morgan fingerprint density at radius 3 is 2.88 bits per heavy atom. The lowest BCUT2D eigenvalue weighted by atomic mass is 9.96. The van der Waals surface area contributed by atoms with E-state index in [4.69, 9.17) is 4.99 Å². The van der Waals surface area contributed by atoms with Crippen molar-refractivity contribution in [3.63, 3.8) is 0 Å². The highest BCUT2D eigenvalue weighted by Crippen LogP contribution is 2.33. The zero-order valence-corrected chi connectivity index (χ0v) is 15.7. The second kappa shape index (κ2) is 7.56.